The molecule has 0 radical (unpaired) electrons. The number of carbonyl (C=O) groups is 1. The molecule has 0 unspecified atom stereocenters. The van der Waals surface area contributed by atoms with Crippen LogP contribution in [-0.4, -0.2) is 5.78 Å². The summed E-state index contributed by atoms with van der Waals surface area (Å²) in [6.07, 6.45) is 1.52. The molecule has 0 saturated heterocycles. The highest BCUT2D eigenvalue weighted by atomic mass is 32.2. The van der Waals surface area contributed by atoms with Crippen molar-refractivity contribution in [2.75, 3.05) is 0 Å². The molecule has 5 rings (SSSR count). The first-order chi connectivity index (χ1) is 12.8. The number of carbonyl (C=O) groups excluding carboxylic acids is 1. The Morgan fingerprint density at radius 3 is 1.88 bits per heavy atom. The van der Waals surface area contributed by atoms with Crippen LogP contribution in [0, 0.1) is 0 Å². The van der Waals surface area contributed by atoms with E-state index in [4.69, 9.17) is 4.42 Å². The van der Waals surface area contributed by atoms with Gasteiger partial charge in [-0.25, -0.2) is 0 Å². The molecule has 2 aromatic heterocycles. The maximum atomic E-state index is 12.4. The normalized spacial score (nSPS) is 11.2. The van der Waals surface area contributed by atoms with Crippen LogP contribution in [0.1, 0.15) is 16.1 Å². The van der Waals surface area contributed by atoms with E-state index < -0.39 is 0 Å². The summed E-state index contributed by atoms with van der Waals surface area (Å²) in [7, 11) is -0.133. The molecule has 0 spiro atoms. The quantitative estimate of drug-likeness (QED) is 0.271. The van der Waals surface area contributed by atoms with E-state index in [1.165, 1.54) is 31.3 Å². The van der Waals surface area contributed by atoms with Crippen molar-refractivity contribution < 1.29 is 9.21 Å². The summed E-state index contributed by atoms with van der Waals surface area (Å²) in [4.78, 5) is 13.7. The molecular formula is C23H15O2S+. The molecule has 5 aromatic rings. The van der Waals surface area contributed by atoms with E-state index in [2.05, 4.69) is 60.7 Å². The lowest BCUT2D eigenvalue weighted by atomic mass is 10.1. The van der Waals surface area contributed by atoms with Crippen LogP contribution in [0.25, 0.3) is 25.1 Å². The third kappa shape index (κ3) is 2.29. The molecule has 0 aliphatic rings. The topological polar surface area (TPSA) is 30.2 Å². The van der Waals surface area contributed by atoms with E-state index >= 15 is 0 Å². The molecule has 0 bridgehead atoms. The Labute approximate surface area is 153 Å². The van der Waals surface area contributed by atoms with E-state index in [1.54, 1.807) is 12.1 Å². The van der Waals surface area contributed by atoms with Crippen molar-refractivity contribution in [3.8, 4) is 4.90 Å². The van der Waals surface area contributed by atoms with Crippen LogP contribution in [0.3, 0.4) is 0 Å². The predicted molar refractivity (Wildman–Crippen MR) is 107 cm³/mol. The van der Waals surface area contributed by atoms with E-state index in [1.807, 2.05) is 12.1 Å². The van der Waals surface area contributed by atoms with Gasteiger partial charge in [0, 0.05) is 26.8 Å². The Kier molecular flexibility index (Phi) is 3.47. The molecule has 3 aromatic carbocycles. The number of ketones is 1. The number of hydrogen-bond acceptors (Lipinski definition) is 2. The third-order valence-electron chi connectivity index (χ3n) is 4.60. The second kappa shape index (κ2) is 5.97. The van der Waals surface area contributed by atoms with E-state index in [-0.39, 0.29) is 16.3 Å². The van der Waals surface area contributed by atoms with Crippen molar-refractivity contribution in [2.24, 2.45) is 0 Å². The summed E-state index contributed by atoms with van der Waals surface area (Å²) in [5, 5.41) is 2.62. The molecule has 0 aliphatic heterocycles. The Morgan fingerprint density at radius 2 is 1.31 bits per heavy atom. The van der Waals surface area contributed by atoms with Gasteiger partial charge in [0.15, 0.2) is 20.1 Å². The minimum atomic E-state index is -0.133. The van der Waals surface area contributed by atoms with Crippen molar-refractivity contribution >= 4 is 36.4 Å². The minimum absolute atomic E-state index is 0.0860. The Morgan fingerprint density at radius 1 is 0.692 bits per heavy atom. The van der Waals surface area contributed by atoms with Gasteiger partial charge in [-0.3, -0.25) is 4.79 Å². The van der Waals surface area contributed by atoms with Crippen LogP contribution in [0.5, 0.6) is 0 Å². The maximum absolute atomic E-state index is 12.4. The molecule has 0 amide bonds. The average Bonchev–Trinajstić information content (AvgIpc) is 3.34. The standard InChI is InChI=1S/C23H15O2S/c24-23(20-8-5-15-25-20)16-11-13-17(14-12-16)26-21-9-3-1-6-18(21)19-7-2-4-10-22(19)26/h1-15H/q+1. The highest BCUT2D eigenvalue weighted by Crippen LogP contribution is 2.48. The Balaban J connectivity index is 1.67. The summed E-state index contributed by atoms with van der Waals surface area (Å²) >= 11 is 0. The van der Waals surface area contributed by atoms with Gasteiger partial charge in [0.1, 0.15) is 0 Å². The van der Waals surface area contributed by atoms with Crippen molar-refractivity contribution in [3.05, 3.63) is 103 Å². The summed E-state index contributed by atoms with van der Waals surface area (Å²) in [6.45, 7) is 0. The van der Waals surface area contributed by atoms with E-state index in [9.17, 15) is 4.79 Å². The van der Waals surface area contributed by atoms with Crippen molar-refractivity contribution in [1.82, 2.24) is 0 Å². The molecule has 2 heterocycles. The van der Waals surface area contributed by atoms with Crippen LogP contribution in [0.4, 0.5) is 0 Å². The summed E-state index contributed by atoms with van der Waals surface area (Å²) < 4.78 is 7.92. The van der Waals surface area contributed by atoms with Gasteiger partial charge in [-0.15, -0.1) is 0 Å². The monoisotopic (exact) mass is 355 g/mol. The first-order valence-corrected chi connectivity index (χ1v) is 9.66. The summed E-state index contributed by atoms with van der Waals surface area (Å²) in [5.41, 5.74) is 0.646. The molecule has 124 valence electrons. The highest BCUT2D eigenvalue weighted by molar-refractivity contribution is 7.50. The first kappa shape index (κ1) is 15.1. The first-order valence-electron chi connectivity index (χ1n) is 8.44. The summed E-state index contributed by atoms with van der Waals surface area (Å²) in [5.74, 6) is 0.286. The van der Waals surface area contributed by atoms with Gasteiger partial charge < -0.3 is 4.42 Å². The van der Waals surface area contributed by atoms with Crippen LogP contribution < -0.4 is 0 Å². The van der Waals surface area contributed by atoms with Crippen LogP contribution in [0.15, 0.2) is 95.6 Å². The summed E-state index contributed by atoms with van der Waals surface area (Å²) in [6, 6.07) is 28.5. The lowest BCUT2D eigenvalue weighted by Crippen LogP contribution is -1.98. The largest absolute Gasteiger partial charge is 0.461 e. The smallest absolute Gasteiger partial charge is 0.228 e. The van der Waals surface area contributed by atoms with Crippen molar-refractivity contribution in [3.63, 3.8) is 0 Å². The number of benzene rings is 3. The second-order valence-electron chi connectivity index (χ2n) is 6.13. The number of hydrogen-bond donors (Lipinski definition) is 0. The number of fused-ring (bicyclic) bond motifs is 3. The molecule has 2 nitrogen and oxygen atoms in total. The fourth-order valence-electron chi connectivity index (χ4n) is 3.40. The van der Waals surface area contributed by atoms with Gasteiger partial charge in [-0.1, -0.05) is 24.3 Å². The van der Waals surface area contributed by atoms with Gasteiger partial charge in [0.05, 0.1) is 6.26 Å². The van der Waals surface area contributed by atoms with E-state index in [0.29, 0.717) is 11.3 Å². The van der Waals surface area contributed by atoms with Crippen LogP contribution in [-0.2, 0) is 0 Å². The predicted octanol–water partition coefficient (Wildman–Crippen LogP) is 6.56. The molecule has 0 atom stereocenters. The van der Waals surface area contributed by atoms with Crippen LogP contribution in [0.2, 0.25) is 0 Å². The minimum Gasteiger partial charge on any atom is -0.461 e. The number of furan rings is 1. The highest BCUT2D eigenvalue weighted by Gasteiger charge is 2.23. The van der Waals surface area contributed by atoms with Gasteiger partial charge in [0.2, 0.25) is 5.78 Å². The number of thiophene rings is 1. The Hall–Kier alpha value is -3.17. The van der Waals surface area contributed by atoms with Crippen molar-refractivity contribution in [1.29, 1.82) is 0 Å². The molecule has 26 heavy (non-hydrogen) atoms. The third-order valence-corrected chi connectivity index (χ3v) is 6.94. The van der Waals surface area contributed by atoms with Crippen LogP contribution >= 0.6 is 10.5 Å². The van der Waals surface area contributed by atoms with Crippen molar-refractivity contribution in [2.45, 2.75) is 0 Å². The average molecular weight is 355 g/mol. The lowest BCUT2D eigenvalue weighted by Gasteiger charge is -1.98. The molecule has 3 heteroatoms. The fourth-order valence-corrected chi connectivity index (χ4v) is 5.78. The van der Waals surface area contributed by atoms with Gasteiger partial charge in [0.25, 0.3) is 0 Å². The molecule has 0 saturated carbocycles. The number of rotatable bonds is 3. The molecule has 0 fully saturated rings. The Bertz CT molecular complexity index is 1180. The van der Waals surface area contributed by atoms with Gasteiger partial charge in [-0.05, 0) is 60.7 Å². The molecular weight excluding hydrogens is 340 g/mol. The fraction of sp³-hybridized carbons (Fsp3) is 0. The van der Waals surface area contributed by atoms with E-state index in [0.717, 1.165) is 0 Å². The zero-order valence-corrected chi connectivity index (χ0v) is 14.7. The van der Waals surface area contributed by atoms with Gasteiger partial charge in [-0.2, -0.15) is 0 Å². The zero-order chi connectivity index (χ0) is 17.5. The SMILES string of the molecule is O=C(c1ccc(-[s+]2c3ccccc3c3ccccc32)cc1)c1ccco1. The maximum Gasteiger partial charge on any atom is 0.228 e. The molecule has 0 aliphatic carbocycles. The zero-order valence-electron chi connectivity index (χ0n) is 13.9. The van der Waals surface area contributed by atoms with Gasteiger partial charge >= 0.3 is 0 Å². The lowest BCUT2D eigenvalue weighted by molar-refractivity contribution is 0.101. The second-order valence-corrected chi connectivity index (χ2v) is 8.09. The molecule has 0 N–H and O–H groups in total.